The van der Waals surface area contributed by atoms with Gasteiger partial charge in [0.05, 0.1) is 25.8 Å². The number of nitrogens with zero attached hydrogens (tertiary/aromatic N) is 1. The van der Waals surface area contributed by atoms with E-state index in [1.807, 2.05) is 29.2 Å². The Balaban J connectivity index is 1.38. The van der Waals surface area contributed by atoms with E-state index in [1.165, 1.54) is 0 Å². The fourth-order valence-corrected chi connectivity index (χ4v) is 5.45. The third kappa shape index (κ3) is 3.35. The lowest BCUT2D eigenvalue weighted by Gasteiger charge is -2.39. The van der Waals surface area contributed by atoms with E-state index in [0.717, 1.165) is 34.5 Å². The highest BCUT2D eigenvalue weighted by atomic mass is 16.7. The Morgan fingerprint density at radius 1 is 1.06 bits per heavy atom. The van der Waals surface area contributed by atoms with E-state index in [1.54, 1.807) is 25.3 Å². The molecule has 1 fully saturated rings. The molecule has 34 heavy (non-hydrogen) atoms. The van der Waals surface area contributed by atoms with Gasteiger partial charge in [-0.1, -0.05) is 18.2 Å². The van der Waals surface area contributed by atoms with Crippen LogP contribution in [0.1, 0.15) is 28.4 Å². The highest BCUT2D eigenvalue weighted by Gasteiger charge is 2.46. The highest BCUT2D eigenvalue weighted by molar-refractivity contribution is 5.95. The number of amides is 1. The van der Waals surface area contributed by atoms with E-state index in [9.17, 15) is 9.90 Å². The van der Waals surface area contributed by atoms with Crippen molar-refractivity contribution in [3.05, 3.63) is 71.8 Å². The SMILES string of the molecule is COc1ccc(-c2ccc3c(c2)[C@@H]2[C@@H](CCN2C(=O)c2ccc4c(c2)OCO4)[C@@H](CO)N3)cc1. The zero-order chi connectivity index (χ0) is 23.2. The first-order valence-electron chi connectivity index (χ1n) is 11.5. The second-order valence-electron chi connectivity index (χ2n) is 8.93. The van der Waals surface area contributed by atoms with Crippen molar-refractivity contribution in [2.24, 2.45) is 5.92 Å². The molecule has 3 aliphatic rings. The van der Waals surface area contributed by atoms with Crippen molar-refractivity contribution in [2.45, 2.75) is 18.5 Å². The monoisotopic (exact) mass is 458 g/mol. The van der Waals surface area contributed by atoms with Gasteiger partial charge in [0, 0.05) is 23.7 Å². The zero-order valence-corrected chi connectivity index (χ0v) is 18.9. The fourth-order valence-electron chi connectivity index (χ4n) is 5.45. The number of hydrogen-bond acceptors (Lipinski definition) is 6. The number of anilines is 1. The maximum Gasteiger partial charge on any atom is 0.254 e. The summed E-state index contributed by atoms with van der Waals surface area (Å²) in [5.41, 5.74) is 4.78. The molecular formula is C27H26N2O5. The molecule has 0 aliphatic carbocycles. The predicted octanol–water partition coefficient (Wildman–Crippen LogP) is 4.08. The topological polar surface area (TPSA) is 80.3 Å². The van der Waals surface area contributed by atoms with E-state index in [2.05, 4.69) is 23.5 Å². The summed E-state index contributed by atoms with van der Waals surface area (Å²) in [5, 5.41) is 13.6. The maximum atomic E-state index is 13.7. The Hall–Kier alpha value is -3.71. The van der Waals surface area contributed by atoms with E-state index in [4.69, 9.17) is 14.2 Å². The van der Waals surface area contributed by atoms with Gasteiger partial charge in [-0.2, -0.15) is 0 Å². The lowest BCUT2D eigenvalue weighted by atomic mass is 9.82. The summed E-state index contributed by atoms with van der Waals surface area (Å²) < 4.78 is 16.2. The summed E-state index contributed by atoms with van der Waals surface area (Å²) in [7, 11) is 1.66. The van der Waals surface area contributed by atoms with Crippen molar-refractivity contribution in [1.82, 2.24) is 4.90 Å². The summed E-state index contributed by atoms with van der Waals surface area (Å²) in [6.07, 6.45) is 0.825. The van der Waals surface area contributed by atoms with Crippen LogP contribution in [0.25, 0.3) is 11.1 Å². The fraction of sp³-hybridized carbons (Fsp3) is 0.296. The normalized spacial score (nSPS) is 22.1. The minimum absolute atomic E-state index is 0.0207. The van der Waals surface area contributed by atoms with Crippen molar-refractivity contribution in [3.8, 4) is 28.4 Å². The van der Waals surface area contributed by atoms with Crippen LogP contribution in [0.4, 0.5) is 5.69 Å². The van der Waals surface area contributed by atoms with Crippen molar-refractivity contribution in [2.75, 3.05) is 32.4 Å². The molecule has 1 saturated heterocycles. The summed E-state index contributed by atoms with van der Waals surface area (Å²) >= 11 is 0. The molecule has 3 aromatic rings. The second kappa shape index (κ2) is 8.25. The molecule has 3 aromatic carbocycles. The first-order valence-corrected chi connectivity index (χ1v) is 11.5. The molecule has 1 amide bonds. The summed E-state index contributed by atoms with van der Waals surface area (Å²) in [4.78, 5) is 15.6. The molecule has 0 spiro atoms. The first-order chi connectivity index (χ1) is 16.7. The van der Waals surface area contributed by atoms with Crippen LogP contribution >= 0.6 is 0 Å². The number of aliphatic hydroxyl groups is 1. The van der Waals surface area contributed by atoms with Crippen LogP contribution in [0.15, 0.2) is 60.7 Å². The van der Waals surface area contributed by atoms with Gasteiger partial charge in [-0.05, 0) is 65.6 Å². The van der Waals surface area contributed by atoms with Gasteiger partial charge in [0.25, 0.3) is 5.91 Å². The number of rotatable bonds is 4. The first kappa shape index (κ1) is 20.9. The standard InChI is InChI=1S/C27H26N2O5/c1-32-19-6-2-16(3-7-19)17-4-8-22-21(12-17)26-20(23(14-30)28-22)10-11-29(26)27(31)18-5-9-24-25(13-18)34-15-33-24/h2-9,12-13,20,23,26,28,30H,10-11,14-15H2,1H3/t20-,23+,26-/m0/s1. The molecule has 0 unspecified atom stereocenters. The largest absolute Gasteiger partial charge is 0.497 e. The van der Waals surface area contributed by atoms with Gasteiger partial charge in [-0.3, -0.25) is 4.79 Å². The minimum Gasteiger partial charge on any atom is -0.497 e. The number of carbonyl (C=O) groups is 1. The van der Waals surface area contributed by atoms with E-state index in [0.29, 0.717) is 23.6 Å². The van der Waals surface area contributed by atoms with Gasteiger partial charge in [-0.15, -0.1) is 0 Å². The molecule has 3 aliphatic heterocycles. The molecule has 6 rings (SSSR count). The highest BCUT2D eigenvalue weighted by Crippen LogP contribution is 2.48. The number of hydrogen-bond donors (Lipinski definition) is 2. The van der Waals surface area contributed by atoms with Crippen LogP contribution < -0.4 is 19.5 Å². The van der Waals surface area contributed by atoms with Gasteiger partial charge in [0.1, 0.15) is 5.75 Å². The molecule has 174 valence electrons. The number of benzene rings is 3. The molecular weight excluding hydrogens is 432 g/mol. The smallest absolute Gasteiger partial charge is 0.254 e. The Morgan fingerprint density at radius 3 is 2.65 bits per heavy atom. The average molecular weight is 459 g/mol. The third-order valence-electron chi connectivity index (χ3n) is 7.17. The second-order valence-corrected chi connectivity index (χ2v) is 8.93. The average Bonchev–Trinajstić information content (AvgIpc) is 3.55. The summed E-state index contributed by atoms with van der Waals surface area (Å²) in [6.45, 7) is 0.826. The van der Waals surface area contributed by atoms with Crippen molar-refractivity contribution in [3.63, 3.8) is 0 Å². The van der Waals surface area contributed by atoms with Crippen molar-refractivity contribution in [1.29, 1.82) is 0 Å². The van der Waals surface area contributed by atoms with Crippen LogP contribution in [0, 0.1) is 5.92 Å². The molecule has 7 nitrogen and oxygen atoms in total. The molecule has 3 heterocycles. The predicted molar refractivity (Wildman–Crippen MR) is 127 cm³/mol. The molecule has 2 N–H and O–H groups in total. The molecule has 3 atom stereocenters. The van der Waals surface area contributed by atoms with Crippen LogP contribution in [0.2, 0.25) is 0 Å². The van der Waals surface area contributed by atoms with Crippen LogP contribution in [0.5, 0.6) is 17.2 Å². The third-order valence-corrected chi connectivity index (χ3v) is 7.17. The van der Waals surface area contributed by atoms with Crippen molar-refractivity contribution >= 4 is 11.6 Å². The Labute approximate surface area is 197 Å². The Bertz CT molecular complexity index is 1240. The van der Waals surface area contributed by atoms with Crippen LogP contribution in [0.3, 0.4) is 0 Å². The number of methoxy groups -OCH3 is 1. The zero-order valence-electron chi connectivity index (χ0n) is 18.9. The maximum absolute atomic E-state index is 13.7. The van der Waals surface area contributed by atoms with Gasteiger partial charge in [-0.25, -0.2) is 0 Å². The number of nitrogens with one attached hydrogen (secondary N) is 1. The molecule has 0 saturated carbocycles. The number of likely N-dealkylation sites (tertiary alicyclic amines) is 1. The summed E-state index contributed by atoms with van der Waals surface area (Å²) in [6, 6.07) is 19.4. The minimum atomic E-state index is -0.121. The lowest BCUT2D eigenvalue weighted by molar-refractivity contribution is 0.0700. The summed E-state index contributed by atoms with van der Waals surface area (Å²) in [5.74, 6) is 2.16. The quantitative estimate of drug-likeness (QED) is 0.613. The van der Waals surface area contributed by atoms with E-state index in [-0.39, 0.29) is 37.3 Å². The number of fused-ring (bicyclic) bond motifs is 4. The number of ether oxygens (including phenoxy) is 3. The molecule has 0 radical (unpaired) electrons. The van der Waals surface area contributed by atoms with E-state index >= 15 is 0 Å². The van der Waals surface area contributed by atoms with Gasteiger partial charge in [0.2, 0.25) is 6.79 Å². The molecule has 0 bridgehead atoms. The van der Waals surface area contributed by atoms with Crippen LogP contribution in [-0.2, 0) is 0 Å². The molecule has 0 aromatic heterocycles. The van der Waals surface area contributed by atoms with Gasteiger partial charge >= 0.3 is 0 Å². The Morgan fingerprint density at radius 2 is 1.85 bits per heavy atom. The van der Waals surface area contributed by atoms with E-state index < -0.39 is 0 Å². The van der Waals surface area contributed by atoms with Crippen molar-refractivity contribution < 1.29 is 24.1 Å². The lowest BCUT2D eigenvalue weighted by Crippen LogP contribution is -2.42. The Kier molecular flexibility index (Phi) is 5.07. The number of carbonyl (C=O) groups excluding carboxylic acids is 1. The number of aliphatic hydroxyl groups excluding tert-OH is 1. The molecule has 7 heteroatoms. The van der Waals surface area contributed by atoms with Gasteiger partial charge in [0.15, 0.2) is 11.5 Å². The van der Waals surface area contributed by atoms with Gasteiger partial charge < -0.3 is 29.5 Å². The van der Waals surface area contributed by atoms with Crippen LogP contribution in [-0.4, -0.2) is 49.0 Å².